The third-order valence-electron chi connectivity index (χ3n) is 10.8. The van der Waals surface area contributed by atoms with Crippen molar-refractivity contribution in [2.45, 2.75) is 0 Å². The molecular formula is C49H28N4OS. The predicted molar refractivity (Wildman–Crippen MR) is 228 cm³/mol. The third-order valence-corrected chi connectivity index (χ3v) is 12.0. The lowest BCUT2D eigenvalue weighted by Crippen LogP contribution is -2.00. The molecule has 0 bridgehead atoms. The Morgan fingerprint density at radius 1 is 0.455 bits per heavy atom. The van der Waals surface area contributed by atoms with Crippen LogP contribution in [0.1, 0.15) is 0 Å². The number of aromatic nitrogens is 4. The molecule has 0 saturated carbocycles. The van der Waals surface area contributed by atoms with Crippen molar-refractivity contribution >= 4 is 86.0 Å². The van der Waals surface area contributed by atoms with Gasteiger partial charge in [-0.15, -0.1) is 11.3 Å². The van der Waals surface area contributed by atoms with E-state index in [2.05, 4.69) is 132 Å². The maximum Gasteiger partial charge on any atom is 0.164 e. The van der Waals surface area contributed by atoms with Crippen LogP contribution in [0.3, 0.4) is 0 Å². The molecule has 0 aliphatic heterocycles. The van der Waals surface area contributed by atoms with Crippen LogP contribution in [0, 0.1) is 0 Å². The van der Waals surface area contributed by atoms with Gasteiger partial charge in [-0.3, -0.25) is 0 Å². The van der Waals surface area contributed by atoms with Crippen LogP contribution in [-0.2, 0) is 0 Å². The Balaban J connectivity index is 1.11. The zero-order valence-electron chi connectivity index (χ0n) is 29.3. The van der Waals surface area contributed by atoms with Crippen LogP contribution in [-0.4, -0.2) is 19.5 Å². The van der Waals surface area contributed by atoms with Crippen molar-refractivity contribution in [2.24, 2.45) is 0 Å². The van der Waals surface area contributed by atoms with Gasteiger partial charge in [0.05, 0.1) is 16.7 Å². The average molecular weight is 721 g/mol. The van der Waals surface area contributed by atoms with Crippen molar-refractivity contribution in [3.63, 3.8) is 0 Å². The standard InChI is InChI=1S/C49H28N4OS/c1-2-13-30(14-3-1)47-50-48(31-25-26-35-34-17-7-9-23-42(34)55-43(35)28-31)52-49(51-47)38-19-11-22-41-44(38)37-18-10-21-40(46(37)54-41)53-39-20-8-6-16-33(39)36-27-24-29-12-4-5-15-32(29)45(36)53/h1-28H. The van der Waals surface area contributed by atoms with Gasteiger partial charge in [0.2, 0.25) is 0 Å². The number of thiophene rings is 1. The molecule has 55 heavy (non-hydrogen) atoms. The minimum Gasteiger partial charge on any atom is -0.454 e. The number of benzene rings is 8. The van der Waals surface area contributed by atoms with E-state index in [0.29, 0.717) is 17.5 Å². The Morgan fingerprint density at radius 3 is 2.05 bits per heavy atom. The van der Waals surface area contributed by atoms with Crippen LogP contribution in [0.25, 0.3) is 115 Å². The zero-order valence-corrected chi connectivity index (χ0v) is 30.1. The second-order valence-corrected chi connectivity index (χ2v) is 15.0. The molecule has 4 heterocycles. The summed E-state index contributed by atoms with van der Waals surface area (Å²) < 4.78 is 11.7. The first-order valence-corrected chi connectivity index (χ1v) is 19.2. The molecule has 0 spiro atoms. The quantitative estimate of drug-likeness (QED) is 0.182. The van der Waals surface area contributed by atoms with Crippen molar-refractivity contribution in [3.05, 3.63) is 170 Å². The molecule has 0 aliphatic carbocycles. The molecule has 12 rings (SSSR count). The van der Waals surface area contributed by atoms with E-state index in [-0.39, 0.29) is 0 Å². The molecule has 0 amide bonds. The molecular weight excluding hydrogens is 693 g/mol. The highest BCUT2D eigenvalue weighted by Gasteiger charge is 2.22. The van der Waals surface area contributed by atoms with Crippen LogP contribution in [0.15, 0.2) is 174 Å². The molecule has 0 aliphatic rings. The molecule has 0 N–H and O–H groups in total. The molecule has 0 fully saturated rings. The summed E-state index contributed by atoms with van der Waals surface area (Å²) in [5.74, 6) is 1.85. The predicted octanol–water partition coefficient (Wildman–Crippen LogP) is 13.4. The number of hydrogen-bond acceptors (Lipinski definition) is 5. The summed E-state index contributed by atoms with van der Waals surface area (Å²) in [6.07, 6.45) is 0. The van der Waals surface area contributed by atoms with Crippen molar-refractivity contribution in [2.75, 3.05) is 0 Å². The van der Waals surface area contributed by atoms with Crippen LogP contribution < -0.4 is 0 Å². The van der Waals surface area contributed by atoms with Gasteiger partial charge in [0, 0.05) is 63.8 Å². The summed E-state index contributed by atoms with van der Waals surface area (Å²) in [7, 11) is 0. The molecule has 0 unspecified atom stereocenters. The van der Waals surface area contributed by atoms with E-state index in [0.717, 1.165) is 55.3 Å². The van der Waals surface area contributed by atoms with Crippen molar-refractivity contribution < 1.29 is 4.42 Å². The number of furan rings is 1. The Morgan fingerprint density at radius 2 is 1.15 bits per heavy atom. The topological polar surface area (TPSA) is 56.7 Å². The van der Waals surface area contributed by atoms with Gasteiger partial charge in [-0.1, -0.05) is 140 Å². The second kappa shape index (κ2) is 11.7. The van der Waals surface area contributed by atoms with Gasteiger partial charge in [-0.2, -0.15) is 0 Å². The van der Waals surface area contributed by atoms with Gasteiger partial charge in [-0.05, 0) is 35.7 Å². The van der Waals surface area contributed by atoms with E-state index in [9.17, 15) is 0 Å². The Bertz CT molecular complexity index is 3500. The summed E-state index contributed by atoms with van der Waals surface area (Å²) in [6, 6.07) is 59.6. The minimum absolute atomic E-state index is 0.599. The number of para-hydroxylation sites is 2. The molecule has 0 atom stereocenters. The first-order valence-electron chi connectivity index (χ1n) is 18.4. The largest absolute Gasteiger partial charge is 0.454 e. The van der Waals surface area contributed by atoms with Gasteiger partial charge < -0.3 is 8.98 Å². The Hall–Kier alpha value is -7.15. The summed E-state index contributed by atoms with van der Waals surface area (Å²) in [5, 5.41) is 9.30. The second-order valence-electron chi connectivity index (χ2n) is 14.0. The maximum absolute atomic E-state index is 6.90. The lowest BCUT2D eigenvalue weighted by atomic mass is 10.0. The smallest absolute Gasteiger partial charge is 0.164 e. The minimum atomic E-state index is 0.599. The molecule has 0 radical (unpaired) electrons. The monoisotopic (exact) mass is 720 g/mol. The van der Waals surface area contributed by atoms with Crippen LogP contribution >= 0.6 is 11.3 Å². The van der Waals surface area contributed by atoms with E-state index < -0.39 is 0 Å². The molecule has 12 aromatic rings. The SMILES string of the molecule is c1ccc(-c2nc(-c3ccc4c(c3)sc3ccccc34)nc(-c3cccc4oc5c(-n6c7ccccc7c7ccc8ccccc8c76)cccc5c34)n2)cc1. The highest BCUT2D eigenvalue weighted by Crippen LogP contribution is 2.43. The first-order chi connectivity index (χ1) is 27.3. The molecule has 4 aromatic heterocycles. The van der Waals surface area contributed by atoms with E-state index >= 15 is 0 Å². The molecule has 0 saturated heterocycles. The fourth-order valence-corrected chi connectivity index (χ4v) is 9.53. The number of rotatable bonds is 4. The van der Waals surface area contributed by atoms with E-state index in [1.165, 1.54) is 41.7 Å². The van der Waals surface area contributed by atoms with E-state index in [4.69, 9.17) is 19.4 Å². The summed E-state index contributed by atoms with van der Waals surface area (Å²) >= 11 is 1.79. The van der Waals surface area contributed by atoms with Crippen LogP contribution in [0.4, 0.5) is 0 Å². The molecule has 5 nitrogen and oxygen atoms in total. The fraction of sp³-hybridized carbons (Fsp3) is 0. The van der Waals surface area contributed by atoms with E-state index in [1.807, 2.05) is 42.5 Å². The maximum atomic E-state index is 6.90. The summed E-state index contributed by atoms with van der Waals surface area (Å²) in [6.45, 7) is 0. The normalized spacial score (nSPS) is 12.0. The van der Waals surface area contributed by atoms with Crippen molar-refractivity contribution in [1.82, 2.24) is 19.5 Å². The number of nitrogens with zero attached hydrogens (tertiary/aromatic N) is 4. The Kier molecular flexibility index (Phi) is 6.44. The van der Waals surface area contributed by atoms with Crippen molar-refractivity contribution in [1.29, 1.82) is 0 Å². The van der Waals surface area contributed by atoms with Crippen molar-refractivity contribution in [3.8, 4) is 39.9 Å². The highest BCUT2D eigenvalue weighted by molar-refractivity contribution is 7.25. The van der Waals surface area contributed by atoms with Crippen LogP contribution in [0.5, 0.6) is 0 Å². The van der Waals surface area contributed by atoms with Gasteiger partial charge in [0.1, 0.15) is 5.58 Å². The zero-order chi connectivity index (χ0) is 36.0. The van der Waals surface area contributed by atoms with Crippen LogP contribution in [0.2, 0.25) is 0 Å². The van der Waals surface area contributed by atoms with Gasteiger partial charge >= 0.3 is 0 Å². The lowest BCUT2D eigenvalue weighted by Gasteiger charge is -2.11. The summed E-state index contributed by atoms with van der Waals surface area (Å²) in [5.41, 5.74) is 7.65. The summed E-state index contributed by atoms with van der Waals surface area (Å²) in [4.78, 5) is 15.5. The molecule has 8 aromatic carbocycles. The van der Waals surface area contributed by atoms with E-state index in [1.54, 1.807) is 11.3 Å². The Labute approximate surface area is 318 Å². The third kappa shape index (κ3) is 4.55. The van der Waals surface area contributed by atoms with Gasteiger partial charge in [-0.25, -0.2) is 15.0 Å². The van der Waals surface area contributed by atoms with Gasteiger partial charge in [0.15, 0.2) is 23.1 Å². The number of hydrogen-bond donors (Lipinski definition) is 0. The average Bonchev–Trinajstić information content (AvgIpc) is 3.93. The number of fused-ring (bicyclic) bond motifs is 11. The fourth-order valence-electron chi connectivity index (χ4n) is 8.38. The molecule has 6 heteroatoms. The molecule has 256 valence electrons. The van der Waals surface area contributed by atoms with Gasteiger partial charge in [0.25, 0.3) is 0 Å². The lowest BCUT2D eigenvalue weighted by molar-refractivity contribution is 0.666. The highest BCUT2D eigenvalue weighted by atomic mass is 32.1. The first kappa shape index (κ1) is 30.3.